The number of hydrogen-bond acceptors (Lipinski definition) is 7. The molecule has 1 aliphatic carbocycles. The lowest BCUT2D eigenvalue weighted by molar-refractivity contribution is -0.136. The van der Waals surface area contributed by atoms with Crippen LogP contribution in [-0.4, -0.2) is 87.5 Å². The number of benzene rings is 1. The first-order chi connectivity index (χ1) is 19.2. The third kappa shape index (κ3) is 5.50. The Morgan fingerprint density at radius 3 is 2.70 bits per heavy atom. The number of carbonyl (C=O) groups excluding carboxylic acids is 3. The molecule has 212 valence electrons. The molecule has 2 aromatic heterocycles. The summed E-state index contributed by atoms with van der Waals surface area (Å²) in [5.41, 5.74) is 3.45. The topological polar surface area (TPSA) is 131 Å². The van der Waals surface area contributed by atoms with Crippen molar-refractivity contribution in [2.75, 3.05) is 26.7 Å². The number of nitrogens with one attached hydrogen (secondary N) is 3. The Kier molecular flexibility index (Phi) is 7.37. The van der Waals surface area contributed by atoms with Crippen molar-refractivity contribution in [2.24, 2.45) is 5.92 Å². The van der Waals surface area contributed by atoms with Crippen LogP contribution >= 0.6 is 11.3 Å². The molecule has 3 amide bonds. The van der Waals surface area contributed by atoms with Crippen LogP contribution in [0.1, 0.15) is 62.1 Å². The highest BCUT2D eigenvalue weighted by atomic mass is 32.1. The van der Waals surface area contributed by atoms with Gasteiger partial charge >= 0.3 is 0 Å². The molecule has 0 unspecified atom stereocenters. The van der Waals surface area contributed by atoms with Gasteiger partial charge in [-0.25, -0.2) is 4.98 Å². The summed E-state index contributed by atoms with van der Waals surface area (Å²) in [5, 5.41) is 17.6. The van der Waals surface area contributed by atoms with E-state index in [0.29, 0.717) is 49.5 Å². The molecule has 0 spiro atoms. The number of H-pyrrole nitrogens is 1. The first-order valence-electron chi connectivity index (χ1n) is 14.1. The minimum atomic E-state index is -0.481. The molecule has 4 N–H and O–H groups in total. The van der Waals surface area contributed by atoms with Crippen LogP contribution in [0.5, 0.6) is 0 Å². The fraction of sp³-hybridized carbons (Fsp3) is 0.517. The lowest BCUT2D eigenvalue weighted by Crippen LogP contribution is -2.56. The van der Waals surface area contributed by atoms with Crippen molar-refractivity contribution in [3.05, 3.63) is 51.1 Å². The third-order valence-corrected chi connectivity index (χ3v) is 9.53. The quantitative estimate of drug-likeness (QED) is 0.376. The van der Waals surface area contributed by atoms with Gasteiger partial charge in [0.15, 0.2) is 5.01 Å². The molecule has 2 fully saturated rings. The predicted octanol–water partition coefficient (Wildman–Crippen LogP) is 2.21. The van der Waals surface area contributed by atoms with Gasteiger partial charge in [0.2, 0.25) is 5.91 Å². The van der Waals surface area contributed by atoms with Crippen molar-refractivity contribution < 1.29 is 19.5 Å². The van der Waals surface area contributed by atoms with Crippen LogP contribution in [0.3, 0.4) is 0 Å². The van der Waals surface area contributed by atoms with Gasteiger partial charge in [-0.3, -0.25) is 14.4 Å². The number of aliphatic hydroxyl groups excluding tert-OH is 1. The molecule has 4 heterocycles. The van der Waals surface area contributed by atoms with Crippen LogP contribution in [0.2, 0.25) is 0 Å². The van der Waals surface area contributed by atoms with E-state index in [1.165, 1.54) is 11.3 Å². The maximum absolute atomic E-state index is 13.4. The number of aliphatic hydroxyl groups is 1. The average molecular weight is 565 g/mol. The Labute approximate surface area is 237 Å². The van der Waals surface area contributed by atoms with Gasteiger partial charge in [-0.1, -0.05) is 11.6 Å². The van der Waals surface area contributed by atoms with Gasteiger partial charge in [0.25, 0.3) is 11.8 Å². The number of thiazole rings is 1. The van der Waals surface area contributed by atoms with Gasteiger partial charge < -0.3 is 30.5 Å². The van der Waals surface area contributed by atoms with Crippen LogP contribution in [0.25, 0.3) is 10.9 Å². The van der Waals surface area contributed by atoms with E-state index in [1.807, 2.05) is 31.2 Å². The first kappa shape index (κ1) is 26.9. The maximum atomic E-state index is 13.4. The monoisotopic (exact) mass is 564 g/mol. The van der Waals surface area contributed by atoms with E-state index in [-0.39, 0.29) is 29.7 Å². The van der Waals surface area contributed by atoms with Gasteiger partial charge in [0, 0.05) is 60.3 Å². The van der Waals surface area contributed by atoms with E-state index in [4.69, 9.17) is 0 Å². The van der Waals surface area contributed by atoms with Crippen molar-refractivity contribution >= 4 is 40.0 Å². The highest BCUT2D eigenvalue weighted by Gasteiger charge is 2.39. The fourth-order valence-electron chi connectivity index (χ4n) is 6.20. The molecule has 1 saturated heterocycles. The molecule has 3 aromatic rings. The zero-order valence-corrected chi connectivity index (χ0v) is 23.7. The number of hydrogen-bond donors (Lipinski definition) is 4. The second kappa shape index (κ2) is 10.9. The Hall–Kier alpha value is -3.28. The third-order valence-electron chi connectivity index (χ3n) is 8.44. The van der Waals surface area contributed by atoms with Crippen LogP contribution < -0.4 is 10.6 Å². The van der Waals surface area contributed by atoms with Crippen molar-refractivity contribution in [1.82, 2.24) is 30.4 Å². The Morgan fingerprint density at radius 2 is 1.90 bits per heavy atom. The number of likely N-dealkylation sites (tertiary alicyclic amines) is 1. The van der Waals surface area contributed by atoms with Gasteiger partial charge in [-0.05, 0) is 57.9 Å². The molecule has 40 heavy (non-hydrogen) atoms. The highest BCUT2D eigenvalue weighted by Crippen LogP contribution is 2.30. The largest absolute Gasteiger partial charge is 0.391 e. The molecule has 1 aromatic carbocycles. The number of amides is 3. The number of β-amino-alcohol motifs (C(OH)–C–C–N with tert-alkyl or cyclic N) is 1. The summed E-state index contributed by atoms with van der Waals surface area (Å²) in [7, 11) is 2.06. The summed E-state index contributed by atoms with van der Waals surface area (Å²) < 4.78 is 0. The summed E-state index contributed by atoms with van der Waals surface area (Å²) in [5.74, 6) is -0.771. The second-order valence-electron chi connectivity index (χ2n) is 11.5. The Balaban J connectivity index is 1.20. The summed E-state index contributed by atoms with van der Waals surface area (Å²) in [6, 6.07) is 7.07. The molecule has 1 saturated carbocycles. The summed E-state index contributed by atoms with van der Waals surface area (Å²) >= 11 is 1.42. The van der Waals surface area contributed by atoms with E-state index >= 15 is 0 Å². The number of carbonyl (C=O) groups is 3. The zero-order chi connectivity index (χ0) is 28.0. The number of aromatic nitrogens is 2. The molecule has 10 nitrogen and oxygen atoms in total. The van der Waals surface area contributed by atoms with E-state index in [0.717, 1.165) is 46.5 Å². The van der Waals surface area contributed by atoms with Gasteiger partial charge in [-0.2, -0.15) is 0 Å². The van der Waals surface area contributed by atoms with Crippen LogP contribution in [0, 0.1) is 12.8 Å². The van der Waals surface area contributed by atoms with Gasteiger partial charge in [0.05, 0.1) is 17.8 Å². The van der Waals surface area contributed by atoms with Crippen molar-refractivity contribution in [1.29, 1.82) is 0 Å². The van der Waals surface area contributed by atoms with Crippen molar-refractivity contribution in [3.8, 4) is 0 Å². The molecule has 0 radical (unpaired) electrons. The Morgan fingerprint density at radius 1 is 1.07 bits per heavy atom. The number of aryl methyl sites for hydroxylation is 1. The number of nitrogens with zero attached hydrogens (tertiary/aromatic N) is 3. The Bertz CT molecular complexity index is 1450. The van der Waals surface area contributed by atoms with Gasteiger partial charge in [-0.15, -0.1) is 11.3 Å². The molecular formula is C29H36N6O4S. The number of likely N-dealkylation sites (N-methyl/N-ethyl adjacent to an activating group) is 1. The van der Waals surface area contributed by atoms with E-state index in [1.54, 1.807) is 4.90 Å². The molecule has 0 bridgehead atoms. The summed E-state index contributed by atoms with van der Waals surface area (Å²) in [4.78, 5) is 52.9. The molecule has 3 aliphatic rings. The number of rotatable bonds is 5. The minimum absolute atomic E-state index is 0.0133. The second-order valence-corrected chi connectivity index (χ2v) is 12.6. The van der Waals surface area contributed by atoms with E-state index < -0.39 is 12.1 Å². The van der Waals surface area contributed by atoms with Crippen LogP contribution in [0.4, 0.5) is 0 Å². The van der Waals surface area contributed by atoms with E-state index in [2.05, 4.69) is 32.5 Å². The standard InChI is InChI=1S/C29H36N6O4S/c1-16-3-5-20-18(11-16)13-24(30-20)26(37)31-21-6-4-17(29(39)35-10-7-19(36)14-35)12-23(21)32-27(38)28-33-22-8-9-34(2)15-25(22)40-28/h3,5,11,13,17,19,21,23,30,36H,4,6-10,12,14-15H2,1-2H3,(H,31,37)(H,32,38)/t17-,19+,21-,23+/m0/s1. The summed E-state index contributed by atoms with van der Waals surface area (Å²) in [6.07, 6.45) is 2.51. The maximum Gasteiger partial charge on any atom is 0.280 e. The SMILES string of the molecule is Cc1ccc2[nH]c(C(=O)N[C@H]3CC[C@H](C(=O)N4CC[C@@H](O)C4)C[C@H]3NC(=O)c3nc4c(s3)CN(C)CC4)cc2c1. The van der Waals surface area contributed by atoms with Gasteiger partial charge in [0.1, 0.15) is 5.69 Å². The average Bonchev–Trinajstić information content (AvgIpc) is 3.66. The molecule has 4 atom stereocenters. The van der Waals surface area contributed by atoms with Crippen LogP contribution in [-0.2, 0) is 17.8 Å². The molecule has 2 aliphatic heterocycles. The lowest BCUT2D eigenvalue weighted by atomic mass is 9.81. The molecule has 6 rings (SSSR count). The normalized spacial score (nSPS) is 25.1. The molecular weight excluding hydrogens is 528 g/mol. The zero-order valence-electron chi connectivity index (χ0n) is 22.9. The molecule has 11 heteroatoms. The highest BCUT2D eigenvalue weighted by molar-refractivity contribution is 7.13. The predicted molar refractivity (Wildman–Crippen MR) is 152 cm³/mol. The minimum Gasteiger partial charge on any atom is -0.391 e. The lowest BCUT2D eigenvalue weighted by Gasteiger charge is -2.37. The fourth-order valence-corrected chi connectivity index (χ4v) is 7.29. The van der Waals surface area contributed by atoms with Crippen LogP contribution in [0.15, 0.2) is 24.3 Å². The van der Waals surface area contributed by atoms with E-state index in [9.17, 15) is 19.5 Å². The number of aromatic amines is 1. The van der Waals surface area contributed by atoms with Crippen molar-refractivity contribution in [3.63, 3.8) is 0 Å². The summed E-state index contributed by atoms with van der Waals surface area (Å²) in [6.45, 7) is 4.61. The number of fused-ring (bicyclic) bond motifs is 2. The van der Waals surface area contributed by atoms with Crippen molar-refractivity contribution in [2.45, 2.75) is 63.8 Å². The first-order valence-corrected chi connectivity index (χ1v) is 14.9. The smallest absolute Gasteiger partial charge is 0.280 e.